The highest BCUT2D eigenvalue weighted by Crippen LogP contribution is 2.26. The van der Waals surface area contributed by atoms with Crippen LogP contribution in [0.2, 0.25) is 0 Å². The molecule has 2 aromatic carbocycles. The first-order chi connectivity index (χ1) is 18.1. The fourth-order valence-electron chi connectivity index (χ4n) is 5.59. The Morgan fingerprint density at radius 3 is 2.29 bits per heavy atom. The van der Waals surface area contributed by atoms with Gasteiger partial charge in [-0.15, -0.1) is 0 Å². The van der Waals surface area contributed by atoms with E-state index in [0.29, 0.717) is 44.2 Å². The van der Waals surface area contributed by atoms with Gasteiger partial charge in [-0.25, -0.2) is 8.42 Å². The molecule has 3 aromatic rings. The molecule has 0 N–H and O–H groups in total. The first-order valence-electron chi connectivity index (χ1n) is 13.3. The zero-order valence-corrected chi connectivity index (χ0v) is 23.4. The number of piperidine rings is 1. The van der Waals surface area contributed by atoms with E-state index < -0.39 is 15.5 Å². The third kappa shape index (κ3) is 4.85. The summed E-state index contributed by atoms with van der Waals surface area (Å²) in [5.74, 6) is 0.182. The molecule has 2 saturated heterocycles. The molecular weight excluding hydrogens is 500 g/mol. The van der Waals surface area contributed by atoms with Crippen LogP contribution in [0.25, 0.3) is 10.9 Å². The second-order valence-electron chi connectivity index (χ2n) is 10.9. The minimum atomic E-state index is -3.72. The summed E-state index contributed by atoms with van der Waals surface area (Å²) < 4.78 is 29.9. The number of hydrogen-bond acceptors (Lipinski definition) is 5. The van der Waals surface area contributed by atoms with Crippen molar-refractivity contribution in [1.82, 2.24) is 13.8 Å². The molecule has 9 heteroatoms. The molecule has 0 saturated carbocycles. The molecule has 38 heavy (non-hydrogen) atoms. The molecule has 2 fully saturated rings. The minimum Gasteiger partial charge on any atom is -0.365 e. The van der Waals surface area contributed by atoms with Gasteiger partial charge in [0.25, 0.3) is 5.91 Å². The molecule has 0 spiro atoms. The number of hydrogen-bond donors (Lipinski definition) is 0. The van der Waals surface area contributed by atoms with Gasteiger partial charge in [0, 0.05) is 63.1 Å². The molecule has 3 heterocycles. The van der Waals surface area contributed by atoms with Gasteiger partial charge in [-0.1, -0.05) is 24.6 Å². The van der Waals surface area contributed by atoms with E-state index in [1.165, 1.54) is 15.9 Å². The summed E-state index contributed by atoms with van der Waals surface area (Å²) >= 11 is 0. The van der Waals surface area contributed by atoms with E-state index in [4.69, 9.17) is 0 Å². The summed E-state index contributed by atoms with van der Waals surface area (Å²) in [4.78, 5) is 31.3. The van der Waals surface area contributed by atoms with Crippen molar-refractivity contribution in [3.8, 4) is 0 Å². The van der Waals surface area contributed by atoms with Crippen molar-refractivity contribution < 1.29 is 13.2 Å². The monoisotopic (exact) mass is 536 g/mol. The molecule has 1 aromatic heterocycles. The Balaban J connectivity index is 1.42. The number of aromatic nitrogens is 1. The number of carbonyl (C=O) groups excluding carboxylic acids is 1. The average Bonchev–Trinajstić information content (AvgIpc) is 2.91. The number of benzene rings is 2. The molecule has 1 atom stereocenters. The number of amides is 1. The van der Waals surface area contributed by atoms with Crippen LogP contribution >= 0.6 is 0 Å². The number of nitrogens with zero attached hydrogens (tertiary/aromatic N) is 4. The van der Waals surface area contributed by atoms with Gasteiger partial charge in [-0.3, -0.25) is 9.59 Å². The van der Waals surface area contributed by atoms with Gasteiger partial charge in [-0.05, 0) is 62.9 Å². The van der Waals surface area contributed by atoms with E-state index in [0.717, 1.165) is 18.5 Å². The molecule has 0 unspecified atom stereocenters. The van der Waals surface area contributed by atoms with Crippen LogP contribution in [0.3, 0.4) is 0 Å². The predicted octanol–water partition coefficient (Wildman–Crippen LogP) is 3.62. The summed E-state index contributed by atoms with van der Waals surface area (Å²) in [6.07, 6.45) is 3.22. The van der Waals surface area contributed by atoms with Crippen LogP contribution in [0.15, 0.2) is 58.4 Å². The molecule has 0 bridgehead atoms. The Morgan fingerprint density at radius 1 is 0.947 bits per heavy atom. The highest BCUT2D eigenvalue weighted by atomic mass is 32.2. The largest absolute Gasteiger partial charge is 0.365 e. The second-order valence-corrected chi connectivity index (χ2v) is 12.8. The molecule has 0 aliphatic carbocycles. The van der Waals surface area contributed by atoms with Gasteiger partial charge in [0.1, 0.15) is 5.56 Å². The maximum absolute atomic E-state index is 13.6. The minimum absolute atomic E-state index is 0.0670. The van der Waals surface area contributed by atoms with E-state index >= 15 is 0 Å². The number of fused-ring (bicyclic) bond motifs is 1. The summed E-state index contributed by atoms with van der Waals surface area (Å²) in [5.41, 5.74) is 2.55. The SMILES string of the molecule is Cc1ccc(N2CCN(C(=O)c3cn(C)c4ccc(S(=O)(=O)N5CCC(C)CC5)cc4c3=O)C[C@H]2C)cc1. The lowest BCUT2D eigenvalue weighted by Gasteiger charge is -2.41. The number of sulfonamides is 1. The summed E-state index contributed by atoms with van der Waals surface area (Å²) in [5, 5.41) is 0.246. The Labute approximate surface area is 224 Å². The summed E-state index contributed by atoms with van der Waals surface area (Å²) in [6.45, 7) is 8.88. The highest BCUT2D eigenvalue weighted by molar-refractivity contribution is 7.89. The van der Waals surface area contributed by atoms with Gasteiger partial charge in [0.15, 0.2) is 0 Å². The van der Waals surface area contributed by atoms with Gasteiger partial charge in [0.05, 0.1) is 10.4 Å². The molecule has 5 rings (SSSR count). The van der Waals surface area contributed by atoms with Crippen molar-refractivity contribution in [2.75, 3.05) is 37.6 Å². The Hall–Kier alpha value is -3.17. The van der Waals surface area contributed by atoms with Gasteiger partial charge >= 0.3 is 0 Å². The van der Waals surface area contributed by atoms with Crippen molar-refractivity contribution in [3.63, 3.8) is 0 Å². The van der Waals surface area contributed by atoms with Gasteiger partial charge < -0.3 is 14.4 Å². The van der Waals surface area contributed by atoms with Crippen LogP contribution in [-0.4, -0.2) is 66.9 Å². The van der Waals surface area contributed by atoms with Gasteiger partial charge in [0.2, 0.25) is 15.5 Å². The van der Waals surface area contributed by atoms with Crippen LogP contribution in [0.5, 0.6) is 0 Å². The third-order valence-corrected chi connectivity index (χ3v) is 9.95. The molecule has 2 aliphatic heterocycles. The van der Waals surface area contributed by atoms with Crippen LogP contribution < -0.4 is 10.3 Å². The lowest BCUT2D eigenvalue weighted by Crippen LogP contribution is -2.54. The maximum atomic E-state index is 13.6. The second kappa shape index (κ2) is 10.2. The fourth-order valence-corrected chi connectivity index (χ4v) is 7.09. The number of anilines is 1. The topological polar surface area (TPSA) is 82.9 Å². The first kappa shape index (κ1) is 26.4. The summed E-state index contributed by atoms with van der Waals surface area (Å²) in [7, 11) is -1.94. The van der Waals surface area contributed by atoms with Crippen LogP contribution in [-0.2, 0) is 17.1 Å². The molecule has 202 valence electrons. The number of rotatable bonds is 4. The van der Waals surface area contributed by atoms with Crippen molar-refractivity contribution in [2.45, 2.75) is 44.6 Å². The molecule has 0 radical (unpaired) electrons. The van der Waals surface area contributed by atoms with Crippen molar-refractivity contribution in [3.05, 3.63) is 70.0 Å². The molecule has 2 aliphatic rings. The smallest absolute Gasteiger partial charge is 0.259 e. The lowest BCUT2D eigenvalue weighted by molar-refractivity contribution is 0.0724. The lowest BCUT2D eigenvalue weighted by atomic mass is 10.0. The Kier molecular flexibility index (Phi) is 7.09. The number of pyridine rings is 1. The van der Waals surface area contributed by atoms with Crippen molar-refractivity contribution in [2.24, 2.45) is 13.0 Å². The van der Waals surface area contributed by atoms with Gasteiger partial charge in [-0.2, -0.15) is 4.31 Å². The molecule has 1 amide bonds. The standard InChI is InChI=1S/C29H36N4O4S/c1-20-5-7-23(8-6-20)33-16-15-31(18-22(33)3)29(35)26-19-30(4)27-10-9-24(17-25(27)28(26)34)38(36,37)32-13-11-21(2)12-14-32/h5-10,17,19,21-22H,11-16,18H2,1-4H3/t22-/m1/s1. The zero-order valence-electron chi connectivity index (χ0n) is 22.6. The van der Waals surface area contributed by atoms with Crippen molar-refractivity contribution >= 4 is 32.5 Å². The quantitative estimate of drug-likeness (QED) is 0.509. The van der Waals surface area contributed by atoms with E-state index in [9.17, 15) is 18.0 Å². The van der Waals surface area contributed by atoms with Crippen LogP contribution in [0.4, 0.5) is 5.69 Å². The number of aryl methyl sites for hydroxylation is 2. The normalized spacial score (nSPS) is 19.7. The zero-order chi connectivity index (χ0) is 27.2. The fraction of sp³-hybridized carbons (Fsp3) is 0.448. The Bertz CT molecular complexity index is 1520. The molecular formula is C29H36N4O4S. The number of carbonyl (C=O) groups is 1. The predicted molar refractivity (Wildman–Crippen MR) is 150 cm³/mol. The van der Waals surface area contributed by atoms with Crippen LogP contribution in [0, 0.1) is 12.8 Å². The van der Waals surface area contributed by atoms with Crippen molar-refractivity contribution in [1.29, 1.82) is 0 Å². The first-order valence-corrected chi connectivity index (χ1v) is 14.8. The third-order valence-electron chi connectivity index (χ3n) is 8.05. The number of piperazine rings is 1. The van der Waals surface area contributed by atoms with E-state index in [-0.39, 0.29) is 27.8 Å². The highest BCUT2D eigenvalue weighted by Gasteiger charge is 2.31. The van der Waals surface area contributed by atoms with Crippen LogP contribution in [0.1, 0.15) is 42.6 Å². The Morgan fingerprint density at radius 2 is 1.63 bits per heavy atom. The molecule has 8 nitrogen and oxygen atoms in total. The van der Waals surface area contributed by atoms with E-state index in [1.807, 2.05) is 0 Å². The summed E-state index contributed by atoms with van der Waals surface area (Å²) in [6, 6.07) is 13.1. The van der Waals surface area contributed by atoms with E-state index in [1.54, 1.807) is 34.8 Å². The average molecular weight is 537 g/mol. The van der Waals surface area contributed by atoms with E-state index in [2.05, 4.69) is 49.9 Å². The maximum Gasteiger partial charge on any atom is 0.259 e.